The van der Waals surface area contributed by atoms with Crippen LogP contribution in [0.5, 0.6) is 0 Å². The molecule has 0 saturated heterocycles. The Morgan fingerprint density at radius 3 is 2.40 bits per heavy atom. The van der Waals surface area contributed by atoms with E-state index in [1.54, 1.807) is 29.3 Å². The van der Waals surface area contributed by atoms with Crippen molar-refractivity contribution < 1.29 is 0 Å². The molecule has 80 valence electrons. The second-order valence-electron chi connectivity index (χ2n) is 2.65. The lowest BCUT2D eigenvalue weighted by molar-refractivity contribution is 0.622. The average Bonchev–Trinajstić information content (AvgIpc) is 2.26. The topological polar surface area (TPSA) is 28.0 Å². The van der Waals surface area contributed by atoms with Crippen molar-refractivity contribution in [3.8, 4) is 0 Å². The van der Waals surface area contributed by atoms with E-state index in [2.05, 4.69) is 29.9 Å². The van der Waals surface area contributed by atoms with Gasteiger partial charge in [0.05, 0.1) is 0 Å². The van der Waals surface area contributed by atoms with Crippen LogP contribution in [0.3, 0.4) is 0 Å². The number of amidine groups is 1. The molecule has 0 unspecified atom stereocenters. The Bertz CT molecular complexity index is 322. The first-order valence-corrected chi connectivity index (χ1v) is 4.55. The summed E-state index contributed by atoms with van der Waals surface area (Å²) in [7, 11) is 1.84. The standard InChI is InChI=1S/C12H17N3/c1-6-9-12(13-4)15(5)11(8-3)14-10-7-2/h6-10H,1,3-4H2,2,5H3/b10-7-,12-9+,14-11?. The highest BCUT2D eigenvalue weighted by Crippen LogP contribution is 2.05. The molecule has 0 amide bonds. The molecule has 0 atom stereocenters. The quantitative estimate of drug-likeness (QED) is 0.383. The fourth-order valence-electron chi connectivity index (χ4n) is 0.920. The molecule has 0 aromatic heterocycles. The highest BCUT2D eigenvalue weighted by atomic mass is 15.2. The minimum absolute atomic E-state index is 0.674. The first kappa shape index (κ1) is 13.1. The molecule has 0 fully saturated rings. The number of aliphatic imine (C=N–C) groups is 2. The van der Waals surface area contributed by atoms with Gasteiger partial charge in [-0.05, 0) is 25.8 Å². The molecule has 0 aliphatic rings. The first-order chi connectivity index (χ1) is 7.21. The molecule has 3 nitrogen and oxygen atoms in total. The Balaban J connectivity index is 5.00. The van der Waals surface area contributed by atoms with Crippen LogP contribution >= 0.6 is 0 Å². The Morgan fingerprint density at radius 2 is 2.00 bits per heavy atom. The molecule has 0 aromatic carbocycles. The Labute approximate surface area is 91.5 Å². The largest absolute Gasteiger partial charge is 0.314 e. The molecule has 0 radical (unpaired) electrons. The van der Waals surface area contributed by atoms with Crippen LogP contribution in [-0.4, -0.2) is 24.5 Å². The lowest BCUT2D eigenvalue weighted by Crippen LogP contribution is -2.23. The fraction of sp³-hybridized carbons (Fsp3) is 0.167. The van der Waals surface area contributed by atoms with Gasteiger partial charge in [0.2, 0.25) is 0 Å². The maximum absolute atomic E-state index is 4.19. The molecule has 15 heavy (non-hydrogen) atoms. The Morgan fingerprint density at radius 1 is 1.33 bits per heavy atom. The van der Waals surface area contributed by atoms with Crippen LogP contribution in [0.2, 0.25) is 0 Å². The van der Waals surface area contributed by atoms with Crippen LogP contribution in [0.1, 0.15) is 6.92 Å². The molecule has 0 aliphatic heterocycles. The maximum atomic E-state index is 4.19. The summed E-state index contributed by atoms with van der Waals surface area (Å²) < 4.78 is 0. The van der Waals surface area contributed by atoms with E-state index in [0.717, 1.165) is 0 Å². The van der Waals surface area contributed by atoms with Crippen molar-refractivity contribution in [3.05, 3.63) is 49.5 Å². The van der Waals surface area contributed by atoms with E-state index in [1.165, 1.54) is 0 Å². The summed E-state index contributed by atoms with van der Waals surface area (Å²) in [5, 5.41) is 0. The lowest BCUT2D eigenvalue weighted by Gasteiger charge is -2.18. The molecule has 0 N–H and O–H groups in total. The van der Waals surface area contributed by atoms with Crippen LogP contribution in [0, 0.1) is 0 Å². The minimum atomic E-state index is 0.674. The molecule has 0 rings (SSSR count). The molecular formula is C12H17N3. The number of hydrogen-bond acceptors (Lipinski definition) is 2. The van der Waals surface area contributed by atoms with Crippen molar-refractivity contribution in [2.24, 2.45) is 9.98 Å². The van der Waals surface area contributed by atoms with Crippen molar-refractivity contribution in [3.63, 3.8) is 0 Å². The molecule has 0 bridgehead atoms. The molecular weight excluding hydrogens is 186 g/mol. The van der Waals surface area contributed by atoms with Crippen LogP contribution < -0.4 is 0 Å². The lowest BCUT2D eigenvalue weighted by atomic mass is 10.4. The van der Waals surface area contributed by atoms with Gasteiger partial charge in [0.25, 0.3) is 0 Å². The van der Waals surface area contributed by atoms with Crippen molar-refractivity contribution >= 4 is 12.6 Å². The second kappa shape index (κ2) is 7.50. The van der Waals surface area contributed by atoms with Gasteiger partial charge in [-0.2, -0.15) is 0 Å². The first-order valence-electron chi connectivity index (χ1n) is 4.55. The summed E-state index contributed by atoms with van der Waals surface area (Å²) in [6, 6.07) is 0. The SMILES string of the molecule is C=C/C=C(\N=C)N(C)C(C=C)=N/C=C\C. The molecule has 3 heteroatoms. The average molecular weight is 203 g/mol. The van der Waals surface area contributed by atoms with Crippen LogP contribution in [0.15, 0.2) is 59.5 Å². The third-order valence-electron chi connectivity index (χ3n) is 1.65. The third-order valence-corrected chi connectivity index (χ3v) is 1.65. The third kappa shape index (κ3) is 4.22. The summed E-state index contributed by atoms with van der Waals surface area (Å²) in [4.78, 5) is 9.84. The zero-order valence-corrected chi connectivity index (χ0v) is 9.35. The van der Waals surface area contributed by atoms with Gasteiger partial charge >= 0.3 is 0 Å². The van der Waals surface area contributed by atoms with E-state index in [9.17, 15) is 0 Å². The van der Waals surface area contributed by atoms with E-state index in [4.69, 9.17) is 0 Å². The van der Waals surface area contributed by atoms with Gasteiger partial charge in [-0.3, -0.25) is 0 Å². The summed E-state index contributed by atoms with van der Waals surface area (Å²) in [6.45, 7) is 12.7. The maximum Gasteiger partial charge on any atom is 0.133 e. The normalized spacial score (nSPS) is 12.7. The summed E-state index contributed by atoms with van der Waals surface area (Å²) in [6.07, 6.45) is 8.60. The number of likely N-dealkylation sites (N-methyl/N-ethyl adjacent to an activating group) is 1. The fourth-order valence-corrected chi connectivity index (χ4v) is 0.920. The van der Waals surface area contributed by atoms with Gasteiger partial charge in [0, 0.05) is 13.2 Å². The van der Waals surface area contributed by atoms with Crippen LogP contribution in [0.4, 0.5) is 0 Å². The zero-order chi connectivity index (χ0) is 11.7. The number of allylic oxidation sites excluding steroid dienone is 3. The van der Waals surface area contributed by atoms with Gasteiger partial charge in [-0.15, -0.1) is 0 Å². The van der Waals surface area contributed by atoms with Gasteiger partial charge in [0.1, 0.15) is 11.7 Å². The number of rotatable bonds is 5. The summed E-state index contributed by atoms with van der Waals surface area (Å²) >= 11 is 0. The summed E-state index contributed by atoms with van der Waals surface area (Å²) in [5.74, 6) is 1.38. The molecule has 0 aromatic rings. The zero-order valence-electron chi connectivity index (χ0n) is 9.35. The van der Waals surface area contributed by atoms with Crippen LogP contribution in [0.25, 0.3) is 0 Å². The van der Waals surface area contributed by atoms with Gasteiger partial charge in [0.15, 0.2) is 0 Å². The van der Waals surface area contributed by atoms with E-state index < -0.39 is 0 Å². The van der Waals surface area contributed by atoms with E-state index in [-0.39, 0.29) is 0 Å². The second-order valence-corrected chi connectivity index (χ2v) is 2.65. The highest BCUT2D eigenvalue weighted by molar-refractivity contribution is 5.94. The molecule has 0 heterocycles. The van der Waals surface area contributed by atoms with E-state index in [0.29, 0.717) is 11.7 Å². The monoisotopic (exact) mass is 203 g/mol. The predicted molar refractivity (Wildman–Crippen MR) is 68.0 cm³/mol. The van der Waals surface area contributed by atoms with Gasteiger partial charge in [-0.25, -0.2) is 9.98 Å². The number of hydrogen-bond donors (Lipinski definition) is 0. The smallest absolute Gasteiger partial charge is 0.133 e. The van der Waals surface area contributed by atoms with E-state index >= 15 is 0 Å². The van der Waals surface area contributed by atoms with Crippen LogP contribution in [-0.2, 0) is 0 Å². The molecule has 0 saturated carbocycles. The highest BCUT2D eigenvalue weighted by Gasteiger charge is 2.05. The predicted octanol–water partition coefficient (Wildman–Crippen LogP) is 2.76. The molecule has 0 spiro atoms. The van der Waals surface area contributed by atoms with E-state index in [1.807, 2.05) is 20.0 Å². The Hall–Kier alpha value is -1.90. The van der Waals surface area contributed by atoms with Crippen molar-refractivity contribution in [1.82, 2.24) is 4.90 Å². The van der Waals surface area contributed by atoms with Crippen molar-refractivity contribution in [1.29, 1.82) is 0 Å². The van der Waals surface area contributed by atoms with Gasteiger partial charge in [-0.1, -0.05) is 25.3 Å². The molecule has 0 aliphatic carbocycles. The summed E-state index contributed by atoms with van der Waals surface area (Å²) in [5.41, 5.74) is 0. The van der Waals surface area contributed by atoms with Crippen molar-refractivity contribution in [2.45, 2.75) is 6.92 Å². The Kier molecular flexibility index (Phi) is 6.55. The number of nitrogens with zero attached hydrogens (tertiary/aromatic N) is 3. The van der Waals surface area contributed by atoms with Gasteiger partial charge < -0.3 is 4.90 Å². The minimum Gasteiger partial charge on any atom is -0.314 e. The van der Waals surface area contributed by atoms with Crippen molar-refractivity contribution in [2.75, 3.05) is 7.05 Å².